The van der Waals surface area contributed by atoms with E-state index in [-0.39, 0.29) is 18.4 Å². The number of methoxy groups -OCH3 is 1. The molecule has 0 bridgehead atoms. The summed E-state index contributed by atoms with van der Waals surface area (Å²) >= 11 is 1.62. The Morgan fingerprint density at radius 1 is 1.00 bits per heavy atom. The van der Waals surface area contributed by atoms with Crippen molar-refractivity contribution in [2.45, 2.75) is 31.0 Å². The lowest BCUT2D eigenvalue weighted by molar-refractivity contribution is -0.117. The molecule has 0 spiro atoms. The summed E-state index contributed by atoms with van der Waals surface area (Å²) in [6.45, 7) is 0.868. The zero-order valence-corrected chi connectivity index (χ0v) is 22.0. The quantitative estimate of drug-likeness (QED) is 0.302. The fourth-order valence-corrected chi connectivity index (χ4v) is 5.38. The Hall–Kier alpha value is -4.11. The molecule has 0 atom stereocenters. The van der Waals surface area contributed by atoms with E-state index in [1.807, 2.05) is 53.1 Å². The second-order valence-corrected chi connectivity index (χ2v) is 9.96. The number of carbonyl (C=O) groups is 2. The molecule has 9 heteroatoms. The predicted octanol–water partition coefficient (Wildman–Crippen LogP) is 4.67. The summed E-state index contributed by atoms with van der Waals surface area (Å²) < 4.78 is 7.39. The van der Waals surface area contributed by atoms with Gasteiger partial charge in [-0.1, -0.05) is 54.2 Å². The number of thioether (sulfide) groups is 1. The van der Waals surface area contributed by atoms with E-state index in [4.69, 9.17) is 4.74 Å². The zero-order valence-electron chi connectivity index (χ0n) is 21.2. The minimum absolute atomic E-state index is 0.0891. The molecule has 5 rings (SSSR count). The first kappa shape index (κ1) is 25.5. The Balaban J connectivity index is 1.33. The SMILES string of the molecule is COc1cccc(-n2c(CNC(=O)c3cccc(N4CCCC4=O)c3)nnc2SCCc2ccccc2)c1. The molecule has 194 valence electrons. The number of benzene rings is 3. The van der Waals surface area contributed by atoms with Crippen molar-refractivity contribution in [3.63, 3.8) is 0 Å². The van der Waals surface area contributed by atoms with Gasteiger partial charge >= 0.3 is 0 Å². The Kier molecular flexibility index (Phi) is 8.04. The van der Waals surface area contributed by atoms with Crippen LogP contribution >= 0.6 is 11.8 Å². The van der Waals surface area contributed by atoms with E-state index in [9.17, 15) is 9.59 Å². The minimum atomic E-state index is -0.239. The van der Waals surface area contributed by atoms with Crippen LogP contribution in [-0.4, -0.2) is 46.0 Å². The van der Waals surface area contributed by atoms with Gasteiger partial charge in [-0.05, 0) is 48.7 Å². The summed E-state index contributed by atoms with van der Waals surface area (Å²) in [7, 11) is 1.63. The number of aromatic nitrogens is 3. The summed E-state index contributed by atoms with van der Waals surface area (Å²) in [6, 6.07) is 25.2. The molecule has 1 saturated heterocycles. The van der Waals surface area contributed by atoms with E-state index < -0.39 is 0 Å². The van der Waals surface area contributed by atoms with Crippen LogP contribution in [0.1, 0.15) is 34.6 Å². The van der Waals surface area contributed by atoms with Gasteiger partial charge in [0.1, 0.15) is 5.75 Å². The van der Waals surface area contributed by atoms with Crippen molar-refractivity contribution < 1.29 is 14.3 Å². The number of rotatable bonds is 10. The van der Waals surface area contributed by atoms with Gasteiger partial charge < -0.3 is 15.0 Å². The normalized spacial score (nSPS) is 13.1. The van der Waals surface area contributed by atoms with Crippen LogP contribution in [0.5, 0.6) is 5.75 Å². The van der Waals surface area contributed by atoms with E-state index in [0.717, 1.165) is 40.9 Å². The molecule has 1 aliphatic heterocycles. The van der Waals surface area contributed by atoms with Gasteiger partial charge in [0.05, 0.1) is 19.3 Å². The maximum absolute atomic E-state index is 13.1. The highest BCUT2D eigenvalue weighted by Gasteiger charge is 2.22. The number of nitrogens with zero attached hydrogens (tertiary/aromatic N) is 4. The number of ether oxygens (including phenoxy) is 1. The van der Waals surface area contributed by atoms with E-state index in [0.29, 0.717) is 24.4 Å². The second-order valence-electron chi connectivity index (χ2n) is 8.90. The van der Waals surface area contributed by atoms with Crippen molar-refractivity contribution >= 4 is 29.3 Å². The lowest BCUT2D eigenvalue weighted by atomic mass is 10.1. The third-order valence-corrected chi connectivity index (χ3v) is 7.31. The van der Waals surface area contributed by atoms with Crippen molar-refractivity contribution in [3.05, 3.63) is 95.8 Å². The van der Waals surface area contributed by atoms with Gasteiger partial charge in [-0.15, -0.1) is 10.2 Å². The molecule has 1 N–H and O–H groups in total. The number of hydrogen-bond donors (Lipinski definition) is 1. The maximum atomic E-state index is 13.1. The molecule has 0 aliphatic carbocycles. The van der Waals surface area contributed by atoms with Crippen LogP contribution in [-0.2, 0) is 17.8 Å². The van der Waals surface area contributed by atoms with E-state index in [1.54, 1.807) is 42.0 Å². The number of nitrogens with one attached hydrogen (secondary N) is 1. The molecule has 0 unspecified atom stereocenters. The van der Waals surface area contributed by atoms with Crippen LogP contribution < -0.4 is 15.0 Å². The molecule has 0 radical (unpaired) electrons. The third kappa shape index (κ3) is 5.89. The average Bonchev–Trinajstić information content (AvgIpc) is 3.58. The van der Waals surface area contributed by atoms with Crippen LogP contribution in [0.4, 0.5) is 5.69 Å². The van der Waals surface area contributed by atoms with Crippen molar-refractivity contribution in [1.82, 2.24) is 20.1 Å². The van der Waals surface area contributed by atoms with E-state index >= 15 is 0 Å². The van der Waals surface area contributed by atoms with Gasteiger partial charge in [0, 0.05) is 36.0 Å². The van der Waals surface area contributed by atoms with Crippen molar-refractivity contribution in [2.75, 3.05) is 24.3 Å². The number of amides is 2. The molecule has 38 heavy (non-hydrogen) atoms. The van der Waals surface area contributed by atoms with E-state index in [1.165, 1.54) is 5.56 Å². The Morgan fingerprint density at radius 2 is 1.82 bits per heavy atom. The molecule has 1 aromatic heterocycles. The van der Waals surface area contributed by atoms with Crippen LogP contribution in [0.3, 0.4) is 0 Å². The monoisotopic (exact) mass is 527 g/mol. The van der Waals surface area contributed by atoms with Gasteiger partial charge in [0.2, 0.25) is 5.91 Å². The first-order chi connectivity index (χ1) is 18.6. The molecule has 1 fully saturated rings. The van der Waals surface area contributed by atoms with Crippen LogP contribution in [0.2, 0.25) is 0 Å². The number of anilines is 1. The Labute approximate surface area is 226 Å². The highest BCUT2D eigenvalue weighted by Crippen LogP contribution is 2.26. The zero-order chi connectivity index (χ0) is 26.3. The Morgan fingerprint density at radius 3 is 2.61 bits per heavy atom. The lowest BCUT2D eigenvalue weighted by Crippen LogP contribution is -2.26. The molecule has 0 saturated carbocycles. The smallest absolute Gasteiger partial charge is 0.251 e. The van der Waals surface area contributed by atoms with Crippen LogP contribution in [0.25, 0.3) is 5.69 Å². The van der Waals surface area contributed by atoms with Crippen molar-refractivity contribution in [3.8, 4) is 11.4 Å². The molecule has 3 aromatic carbocycles. The van der Waals surface area contributed by atoms with Gasteiger partial charge in [0.25, 0.3) is 5.91 Å². The number of carbonyl (C=O) groups excluding carboxylic acids is 2. The first-order valence-electron chi connectivity index (χ1n) is 12.6. The largest absolute Gasteiger partial charge is 0.497 e. The standard InChI is InChI=1S/C29H29N5O3S/c1-37-25-13-6-12-24(19-25)34-26(31-32-29(34)38-17-15-21-8-3-2-4-9-21)20-30-28(36)22-10-5-11-23(18-22)33-16-7-14-27(33)35/h2-6,8-13,18-19H,7,14-17,20H2,1H3,(H,30,36). The maximum Gasteiger partial charge on any atom is 0.251 e. The van der Waals surface area contributed by atoms with Gasteiger partial charge in [-0.25, -0.2) is 0 Å². The predicted molar refractivity (Wildman–Crippen MR) is 148 cm³/mol. The lowest BCUT2D eigenvalue weighted by Gasteiger charge is -2.16. The highest BCUT2D eigenvalue weighted by molar-refractivity contribution is 7.99. The Bertz CT molecular complexity index is 1420. The van der Waals surface area contributed by atoms with Crippen molar-refractivity contribution in [1.29, 1.82) is 0 Å². The first-order valence-corrected chi connectivity index (χ1v) is 13.5. The molecular weight excluding hydrogens is 498 g/mol. The molecule has 2 heterocycles. The van der Waals surface area contributed by atoms with Crippen molar-refractivity contribution in [2.24, 2.45) is 0 Å². The molecular formula is C29H29N5O3S. The highest BCUT2D eigenvalue weighted by atomic mass is 32.2. The fourth-order valence-electron chi connectivity index (χ4n) is 4.42. The van der Waals surface area contributed by atoms with Gasteiger partial charge in [0.15, 0.2) is 11.0 Å². The van der Waals surface area contributed by atoms with Gasteiger partial charge in [-0.2, -0.15) is 0 Å². The van der Waals surface area contributed by atoms with E-state index in [2.05, 4.69) is 27.6 Å². The summed E-state index contributed by atoms with van der Waals surface area (Å²) in [5, 5.41) is 12.6. The van der Waals surface area contributed by atoms with Crippen LogP contribution in [0, 0.1) is 0 Å². The molecule has 4 aromatic rings. The van der Waals surface area contributed by atoms with Gasteiger partial charge in [-0.3, -0.25) is 14.2 Å². The minimum Gasteiger partial charge on any atom is -0.497 e. The molecule has 2 amide bonds. The molecule has 8 nitrogen and oxygen atoms in total. The topological polar surface area (TPSA) is 89.4 Å². The fraction of sp³-hybridized carbons (Fsp3) is 0.241. The van der Waals surface area contributed by atoms with Crippen LogP contribution in [0.15, 0.2) is 84.0 Å². The summed E-state index contributed by atoms with van der Waals surface area (Å²) in [6.07, 6.45) is 2.28. The summed E-state index contributed by atoms with van der Waals surface area (Å²) in [5.74, 6) is 2.02. The number of hydrogen-bond acceptors (Lipinski definition) is 6. The number of aryl methyl sites for hydroxylation is 1. The third-order valence-electron chi connectivity index (χ3n) is 6.38. The molecule has 1 aliphatic rings. The summed E-state index contributed by atoms with van der Waals surface area (Å²) in [4.78, 5) is 26.9. The average molecular weight is 528 g/mol. The second kappa shape index (κ2) is 12.0. The summed E-state index contributed by atoms with van der Waals surface area (Å²) in [5.41, 5.74) is 3.36.